The molecule has 0 spiro atoms. The van der Waals surface area contributed by atoms with Gasteiger partial charge in [-0.1, -0.05) is 41.9 Å². The van der Waals surface area contributed by atoms with Gasteiger partial charge in [-0.15, -0.1) is 0 Å². The molecule has 0 atom stereocenters. The van der Waals surface area contributed by atoms with Gasteiger partial charge < -0.3 is 14.2 Å². The number of aromatic nitrogens is 4. The first-order chi connectivity index (χ1) is 15.5. The number of rotatable bonds is 5. The van der Waals surface area contributed by atoms with Gasteiger partial charge in [0.1, 0.15) is 5.75 Å². The van der Waals surface area contributed by atoms with Crippen LogP contribution in [0.1, 0.15) is 5.56 Å². The SMILES string of the molecule is COc1ccc(Cl)cc1N1CCn2c1nc1c2c(=O)n(CCc2ccccc2)c(=O)n1C. The summed E-state index contributed by atoms with van der Waals surface area (Å²) in [5.74, 6) is 1.25. The van der Waals surface area contributed by atoms with Crippen LogP contribution in [0.4, 0.5) is 11.6 Å². The van der Waals surface area contributed by atoms with Gasteiger partial charge in [-0.3, -0.25) is 13.9 Å². The molecule has 0 bridgehead atoms. The Bertz CT molecular complexity index is 1440. The van der Waals surface area contributed by atoms with Crippen molar-refractivity contribution >= 4 is 34.4 Å². The molecule has 2 aromatic heterocycles. The summed E-state index contributed by atoms with van der Waals surface area (Å²) in [5, 5.41) is 0.575. The number of hydrogen-bond acceptors (Lipinski definition) is 5. The maximum Gasteiger partial charge on any atom is 0.332 e. The van der Waals surface area contributed by atoms with E-state index in [-0.39, 0.29) is 11.2 Å². The molecule has 3 heterocycles. The standard InChI is InChI=1S/C23H22ClN5O3/c1-26-20-19(21(30)29(23(26)31)11-10-15-6-4-3-5-7-15)28-13-12-27(22(28)25-20)17-14-16(24)8-9-18(17)32-2/h3-9,14H,10-13H2,1-2H3. The van der Waals surface area contributed by atoms with Crippen molar-refractivity contribution in [3.8, 4) is 5.75 Å². The maximum absolute atomic E-state index is 13.4. The minimum absolute atomic E-state index is 0.303. The molecule has 32 heavy (non-hydrogen) atoms. The van der Waals surface area contributed by atoms with Crippen molar-refractivity contribution in [3.05, 3.63) is 80.0 Å². The van der Waals surface area contributed by atoms with Crippen molar-refractivity contribution < 1.29 is 4.74 Å². The number of imidazole rings is 1. The number of benzene rings is 2. The first kappa shape index (κ1) is 20.4. The minimum Gasteiger partial charge on any atom is -0.495 e. The number of hydrogen-bond donors (Lipinski definition) is 0. The zero-order chi connectivity index (χ0) is 22.4. The molecule has 0 saturated heterocycles. The van der Waals surface area contributed by atoms with Crippen LogP contribution in [0, 0.1) is 0 Å². The number of methoxy groups -OCH3 is 1. The van der Waals surface area contributed by atoms with Crippen LogP contribution in [0.3, 0.4) is 0 Å². The third kappa shape index (κ3) is 3.18. The topological polar surface area (TPSA) is 74.3 Å². The highest BCUT2D eigenvalue weighted by molar-refractivity contribution is 6.31. The zero-order valence-electron chi connectivity index (χ0n) is 17.8. The van der Waals surface area contributed by atoms with Crippen LogP contribution in [-0.2, 0) is 26.6 Å². The van der Waals surface area contributed by atoms with E-state index in [0.29, 0.717) is 53.9 Å². The van der Waals surface area contributed by atoms with Crippen LogP contribution in [0.5, 0.6) is 5.75 Å². The van der Waals surface area contributed by atoms with Crippen molar-refractivity contribution in [2.45, 2.75) is 19.5 Å². The van der Waals surface area contributed by atoms with Crippen molar-refractivity contribution in [2.24, 2.45) is 7.05 Å². The summed E-state index contributed by atoms with van der Waals surface area (Å²) in [6.07, 6.45) is 0.592. The monoisotopic (exact) mass is 451 g/mol. The molecule has 9 heteroatoms. The highest BCUT2D eigenvalue weighted by Crippen LogP contribution is 2.38. The smallest absolute Gasteiger partial charge is 0.332 e. The van der Waals surface area contributed by atoms with E-state index in [0.717, 1.165) is 11.3 Å². The molecule has 0 fully saturated rings. The van der Waals surface area contributed by atoms with Gasteiger partial charge >= 0.3 is 5.69 Å². The lowest BCUT2D eigenvalue weighted by Gasteiger charge is -2.19. The molecule has 0 saturated carbocycles. The van der Waals surface area contributed by atoms with E-state index in [2.05, 4.69) is 4.98 Å². The van der Waals surface area contributed by atoms with Crippen LogP contribution in [0.2, 0.25) is 5.02 Å². The van der Waals surface area contributed by atoms with E-state index in [1.807, 2.05) is 45.9 Å². The molecule has 0 N–H and O–H groups in total. The maximum atomic E-state index is 13.4. The highest BCUT2D eigenvalue weighted by atomic mass is 35.5. The summed E-state index contributed by atoms with van der Waals surface area (Å²) in [6.45, 7) is 1.48. The van der Waals surface area contributed by atoms with E-state index in [1.165, 1.54) is 9.13 Å². The minimum atomic E-state index is -0.373. The summed E-state index contributed by atoms with van der Waals surface area (Å²) in [6, 6.07) is 15.2. The quantitative estimate of drug-likeness (QED) is 0.466. The fourth-order valence-corrected chi connectivity index (χ4v) is 4.43. The predicted molar refractivity (Wildman–Crippen MR) is 124 cm³/mol. The van der Waals surface area contributed by atoms with E-state index >= 15 is 0 Å². The van der Waals surface area contributed by atoms with Gasteiger partial charge in [-0.25, -0.2) is 4.79 Å². The number of aryl methyl sites for hydroxylation is 2. The van der Waals surface area contributed by atoms with Crippen molar-refractivity contribution in [3.63, 3.8) is 0 Å². The van der Waals surface area contributed by atoms with Crippen LogP contribution in [0.15, 0.2) is 58.1 Å². The number of ether oxygens (including phenoxy) is 1. The summed E-state index contributed by atoms with van der Waals surface area (Å²) in [4.78, 5) is 33.0. The van der Waals surface area contributed by atoms with Gasteiger partial charge in [0.15, 0.2) is 11.2 Å². The van der Waals surface area contributed by atoms with Gasteiger partial charge in [0.05, 0.1) is 12.8 Å². The third-order valence-electron chi connectivity index (χ3n) is 5.90. The molecule has 0 amide bonds. The van der Waals surface area contributed by atoms with Gasteiger partial charge in [0, 0.05) is 31.7 Å². The Kier molecular flexibility index (Phi) is 5.01. The normalized spacial score (nSPS) is 13.0. The average Bonchev–Trinajstić information content (AvgIpc) is 3.38. The molecule has 0 aliphatic carbocycles. The number of halogens is 1. The summed E-state index contributed by atoms with van der Waals surface area (Å²) >= 11 is 6.23. The summed E-state index contributed by atoms with van der Waals surface area (Å²) < 4.78 is 10.1. The number of nitrogens with zero attached hydrogens (tertiary/aromatic N) is 5. The second-order valence-corrected chi connectivity index (χ2v) is 8.17. The van der Waals surface area contributed by atoms with Gasteiger partial charge in [-0.05, 0) is 30.2 Å². The van der Waals surface area contributed by atoms with E-state index in [4.69, 9.17) is 16.3 Å². The third-order valence-corrected chi connectivity index (χ3v) is 6.13. The number of anilines is 2. The highest BCUT2D eigenvalue weighted by Gasteiger charge is 2.30. The van der Waals surface area contributed by atoms with Crippen molar-refractivity contribution in [1.29, 1.82) is 0 Å². The van der Waals surface area contributed by atoms with Gasteiger partial charge in [0.2, 0.25) is 5.95 Å². The first-order valence-corrected chi connectivity index (χ1v) is 10.7. The fraction of sp³-hybridized carbons (Fsp3) is 0.261. The Morgan fingerprint density at radius 3 is 2.62 bits per heavy atom. The molecule has 5 rings (SSSR count). The fourth-order valence-electron chi connectivity index (χ4n) is 4.26. The molecule has 2 aromatic carbocycles. The Hall–Kier alpha value is -3.52. The summed E-state index contributed by atoms with van der Waals surface area (Å²) in [7, 11) is 3.25. The lowest BCUT2D eigenvalue weighted by atomic mass is 10.1. The molecule has 0 unspecified atom stereocenters. The van der Waals surface area contributed by atoms with Crippen LogP contribution < -0.4 is 20.9 Å². The number of fused-ring (bicyclic) bond motifs is 3. The lowest BCUT2D eigenvalue weighted by molar-refractivity contribution is 0.415. The first-order valence-electron chi connectivity index (χ1n) is 10.3. The predicted octanol–water partition coefficient (Wildman–Crippen LogP) is 2.95. The molecule has 0 radical (unpaired) electrons. The second kappa shape index (κ2) is 7.87. The Morgan fingerprint density at radius 2 is 1.88 bits per heavy atom. The summed E-state index contributed by atoms with van der Waals surface area (Å²) in [5.41, 5.74) is 1.94. The molecule has 4 aromatic rings. The largest absolute Gasteiger partial charge is 0.495 e. The molecule has 1 aliphatic rings. The Balaban J connectivity index is 1.62. The average molecular weight is 452 g/mol. The van der Waals surface area contributed by atoms with Gasteiger partial charge in [0.25, 0.3) is 5.56 Å². The molecule has 8 nitrogen and oxygen atoms in total. The second-order valence-electron chi connectivity index (χ2n) is 7.74. The zero-order valence-corrected chi connectivity index (χ0v) is 18.5. The van der Waals surface area contributed by atoms with Crippen LogP contribution >= 0.6 is 11.6 Å². The van der Waals surface area contributed by atoms with Crippen LogP contribution in [0.25, 0.3) is 11.2 Å². The lowest BCUT2D eigenvalue weighted by Crippen LogP contribution is -2.40. The van der Waals surface area contributed by atoms with Crippen molar-refractivity contribution in [2.75, 3.05) is 18.6 Å². The van der Waals surface area contributed by atoms with E-state index in [1.54, 1.807) is 26.3 Å². The van der Waals surface area contributed by atoms with Crippen LogP contribution in [-0.4, -0.2) is 32.3 Å². The Morgan fingerprint density at radius 1 is 1.09 bits per heavy atom. The molecular formula is C23H22ClN5O3. The Labute approximate surface area is 188 Å². The van der Waals surface area contributed by atoms with Crippen molar-refractivity contribution in [1.82, 2.24) is 18.7 Å². The van der Waals surface area contributed by atoms with E-state index < -0.39 is 0 Å². The molecular weight excluding hydrogens is 430 g/mol. The molecule has 164 valence electrons. The van der Waals surface area contributed by atoms with Gasteiger partial charge in [-0.2, -0.15) is 4.98 Å². The molecule has 1 aliphatic heterocycles. The van der Waals surface area contributed by atoms with E-state index in [9.17, 15) is 9.59 Å².